The third-order valence-corrected chi connectivity index (χ3v) is 6.99. The van der Waals surface area contributed by atoms with Crippen LogP contribution in [0.2, 0.25) is 0 Å². The first-order chi connectivity index (χ1) is 15.4. The van der Waals surface area contributed by atoms with E-state index in [0.29, 0.717) is 5.39 Å². The number of fused-ring (bicyclic) bond motifs is 2. The third kappa shape index (κ3) is 4.00. The molecule has 0 radical (unpaired) electrons. The number of anilines is 1. The molecule has 0 aliphatic rings. The van der Waals surface area contributed by atoms with Crippen molar-refractivity contribution in [1.29, 1.82) is 0 Å². The van der Waals surface area contributed by atoms with E-state index in [1.54, 1.807) is 24.3 Å². The second kappa shape index (κ2) is 7.78. The molecule has 12 heteroatoms. The smallest absolute Gasteiger partial charge is 0.297 e. The lowest BCUT2D eigenvalue weighted by Crippen LogP contribution is -2.04. The standard InChI is InChI=1S/C21H17N3O7S2/c1-11-10-15-14(7-8-16(22)20(15)32(26,27)28)19(25)18(11)24-23-17-9-6-12-4-2-3-5-13(12)21(17)33(29,30)31/h2-10,25H,22H2,1H3,(H,26,27,28)(H,29,30,31). The summed E-state index contributed by atoms with van der Waals surface area (Å²) in [5, 5.41) is 19.5. The molecule has 4 rings (SSSR count). The maximum Gasteiger partial charge on any atom is 0.297 e. The predicted molar refractivity (Wildman–Crippen MR) is 123 cm³/mol. The molecule has 170 valence electrons. The summed E-state index contributed by atoms with van der Waals surface area (Å²) in [5.41, 5.74) is 5.55. The average Bonchev–Trinajstić information content (AvgIpc) is 2.71. The summed E-state index contributed by atoms with van der Waals surface area (Å²) in [5.74, 6) is -0.451. The maximum absolute atomic E-state index is 12.1. The fourth-order valence-electron chi connectivity index (χ4n) is 3.66. The number of nitrogen functional groups attached to an aromatic ring is 1. The van der Waals surface area contributed by atoms with Crippen LogP contribution in [0.4, 0.5) is 17.1 Å². The van der Waals surface area contributed by atoms with Crippen molar-refractivity contribution < 1.29 is 31.0 Å². The predicted octanol–water partition coefficient (Wildman–Crippen LogP) is 4.50. The second-order valence-corrected chi connectivity index (χ2v) is 9.97. The van der Waals surface area contributed by atoms with Crippen LogP contribution in [0, 0.1) is 6.92 Å². The van der Waals surface area contributed by atoms with E-state index in [-0.39, 0.29) is 38.8 Å². The molecule has 0 aliphatic heterocycles. The Morgan fingerprint density at radius 1 is 0.788 bits per heavy atom. The Bertz CT molecular complexity index is 1700. The van der Waals surface area contributed by atoms with Crippen LogP contribution in [0.25, 0.3) is 21.5 Å². The number of azo groups is 1. The van der Waals surface area contributed by atoms with Crippen LogP contribution in [0.5, 0.6) is 5.75 Å². The van der Waals surface area contributed by atoms with Crippen LogP contribution >= 0.6 is 0 Å². The van der Waals surface area contributed by atoms with Crippen LogP contribution in [-0.4, -0.2) is 31.0 Å². The summed E-state index contributed by atoms with van der Waals surface area (Å²) in [6, 6.07) is 13.4. The number of rotatable bonds is 4. The first-order valence-electron chi connectivity index (χ1n) is 9.33. The van der Waals surface area contributed by atoms with E-state index in [4.69, 9.17) is 5.73 Å². The van der Waals surface area contributed by atoms with E-state index in [1.807, 2.05) is 0 Å². The molecular formula is C21H17N3O7S2. The van der Waals surface area contributed by atoms with Crippen LogP contribution in [0.3, 0.4) is 0 Å². The van der Waals surface area contributed by atoms with Crippen LogP contribution in [0.15, 0.2) is 74.6 Å². The highest BCUT2D eigenvalue weighted by atomic mass is 32.2. The first kappa shape index (κ1) is 22.6. The number of benzene rings is 4. The van der Waals surface area contributed by atoms with Crippen molar-refractivity contribution in [1.82, 2.24) is 0 Å². The van der Waals surface area contributed by atoms with E-state index in [2.05, 4.69) is 10.2 Å². The molecule has 0 aromatic heterocycles. The lowest BCUT2D eigenvalue weighted by molar-refractivity contribution is 0.481. The van der Waals surface area contributed by atoms with Crippen molar-refractivity contribution in [2.75, 3.05) is 5.73 Å². The van der Waals surface area contributed by atoms with Gasteiger partial charge in [0, 0.05) is 16.2 Å². The Balaban J connectivity index is 1.95. The lowest BCUT2D eigenvalue weighted by Gasteiger charge is -2.12. The number of nitrogens with zero attached hydrogens (tertiary/aromatic N) is 2. The molecule has 0 heterocycles. The first-order valence-corrected chi connectivity index (χ1v) is 12.2. The number of hydrogen-bond donors (Lipinski definition) is 4. The average molecular weight is 488 g/mol. The van der Waals surface area contributed by atoms with Gasteiger partial charge in [-0.15, -0.1) is 10.2 Å². The van der Waals surface area contributed by atoms with Gasteiger partial charge >= 0.3 is 0 Å². The monoisotopic (exact) mass is 487 g/mol. The van der Waals surface area contributed by atoms with Crippen molar-refractivity contribution in [3.8, 4) is 5.75 Å². The molecule has 0 spiro atoms. The Kier molecular flexibility index (Phi) is 5.33. The zero-order valence-electron chi connectivity index (χ0n) is 17.0. The van der Waals surface area contributed by atoms with Crippen molar-refractivity contribution in [2.45, 2.75) is 16.7 Å². The molecular weight excluding hydrogens is 470 g/mol. The van der Waals surface area contributed by atoms with Crippen molar-refractivity contribution in [3.63, 3.8) is 0 Å². The largest absolute Gasteiger partial charge is 0.505 e. The Hall–Kier alpha value is -3.58. The molecule has 33 heavy (non-hydrogen) atoms. The minimum Gasteiger partial charge on any atom is -0.505 e. The Morgan fingerprint density at radius 2 is 1.45 bits per heavy atom. The van der Waals surface area contributed by atoms with Gasteiger partial charge < -0.3 is 10.8 Å². The normalized spacial score (nSPS) is 12.7. The Labute approximate surface area is 188 Å². The molecule has 10 nitrogen and oxygen atoms in total. The van der Waals surface area contributed by atoms with Crippen LogP contribution in [0.1, 0.15) is 5.56 Å². The van der Waals surface area contributed by atoms with Gasteiger partial charge in [-0.1, -0.05) is 30.3 Å². The molecule has 0 aliphatic carbocycles. The van der Waals surface area contributed by atoms with Crippen molar-refractivity contribution in [2.24, 2.45) is 10.2 Å². The quantitative estimate of drug-likeness (QED) is 0.184. The topological polar surface area (TPSA) is 180 Å². The van der Waals surface area contributed by atoms with Gasteiger partial charge in [-0.2, -0.15) is 16.8 Å². The van der Waals surface area contributed by atoms with Gasteiger partial charge in [-0.05, 0) is 42.1 Å². The molecule has 0 fully saturated rings. The molecule has 0 amide bonds. The van der Waals surface area contributed by atoms with Gasteiger partial charge in [0.15, 0.2) is 5.75 Å². The van der Waals surface area contributed by atoms with E-state index in [0.717, 1.165) is 0 Å². The molecule has 0 bridgehead atoms. The molecule has 4 aromatic carbocycles. The summed E-state index contributed by atoms with van der Waals surface area (Å²) in [6.07, 6.45) is 0. The zero-order valence-corrected chi connectivity index (χ0v) is 18.6. The second-order valence-electron chi connectivity index (χ2n) is 7.25. The lowest BCUT2D eigenvalue weighted by atomic mass is 10.0. The highest BCUT2D eigenvalue weighted by Gasteiger charge is 2.23. The van der Waals surface area contributed by atoms with Gasteiger partial charge in [-0.3, -0.25) is 9.11 Å². The molecule has 5 N–H and O–H groups in total. The van der Waals surface area contributed by atoms with Gasteiger partial charge in [-0.25, -0.2) is 0 Å². The van der Waals surface area contributed by atoms with Gasteiger partial charge in [0.1, 0.15) is 21.2 Å². The molecule has 0 saturated carbocycles. The Morgan fingerprint density at radius 3 is 2.12 bits per heavy atom. The van der Waals surface area contributed by atoms with Crippen LogP contribution in [-0.2, 0) is 20.2 Å². The summed E-state index contributed by atoms with van der Waals surface area (Å²) in [4.78, 5) is -0.992. The van der Waals surface area contributed by atoms with Gasteiger partial charge in [0.2, 0.25) is 0 Å². The maximum atomic E-state index is 12.1. The number of phenols is 1. The fraction of sp³-hybridized carbons (Fsp3) is 0.0476. The van der Waals surface area contributed by atoms with E-state index < -0.39 is 35.8 Å². The minimum atomic E-state index is -4.69. The number of hydrogen-bond acceptors (Lipinski definition) is 8. The summed E-state index contributed by atoms with van der Waals surface area (Å²) >= 11 is 0. The summed E-state index contributed by atoms with van der Waals surface area (Å²) in [6.45, 7) is 1.51. The SMILES string of the molecule is Cc1cc2c(S(=O)(=O)O)c(N)ccc2c(O)c1N=Nc1ccc2ccccc2c1S(=O)(=O)O. The number of phenolic OH excluding ortho intramolecular Hbond substituents is 1. The van der Waals surface area contributed by atoms with E-state index in [9.17, 15) is 31.0 Å². The van der Waals surface area contributed by atoms with E-state index in [1.165, 1.54) is 37.3 Å². The summed E-state index contributed by atoms with van der Waals surface area (Å²) in [7, 11) is -9.36. The number of nitrogens with two attached hydrogens (primary N) is 1. The van der Waals surface area contributed by atoms with Crippen molar-refractivity contribution >= 4 is 58.8 Å². The minimum absolute atomic E-state index is 0.0178. The van der Waals surface area contributed by atoms with E-state index >= 15 is 0 Å². The molecule has 0 saturated heterocycles. The number of aryl methyl sites for hydroxylation is 1. The van der Waals surface area contributed by atoms with Gasteiger partial charge in [0.25, 0.3) is 20.2 Å². The van der Waals surface area contributed by atoms with Gasteiger partial charge in [0.05, 0.1) is 5.69 Å². The van der Waals surface area contributed by atoms with Crippen molar-refractivity contribution in [3.05, 3.63) is 60.2 Å². The highest BCUT2D eigenvalue weighted by molar-refractivity contribution is 7.86. The molecule has 0 atom stereocenters. The molecule has 0 unspecified atom stereocenters. The summed E-state index contributed by atoms with van der Waals surface area (Å²) < 4.78 is 67.0. The third-order valence-electron chi connectivity index (χ3n) is 5.07. The number of aromatic hydroxyl groups is 1. The highest BCUT2D eigenvalue weighted by Crippen LogP contribution is 2.43. The van der Waals surface area contributed by atoms with Crippen LogP contribution < -0.4 is 5.73 Å². The fourth-order valence-corrected chi connectivity index (χ4v) is 5.31. The molecule has 4 aromatic rings. The zero-order chi connectivity index (χ0) is 24.1.